The van der Waals surface area contributed by atoms with Gasteiger partial charge in [-0.15, -0.1) is 11.6 Å². The van der Waals surface area contributed by atoms with Gasteiger partial charge in [0, 0.05) is 23.1 Å². The lowest BCUT2D eigenvalue weighted by molar-refractivity contribution is -0.129. The van der Waals surface area contributed by atoms with Crippen molar-refractivity contribution in [1.29, 1.82) is 0 Å². The Bertz CT molecular complexity index is 438. The molecule has 0 bridgehead atoms. The molecule has 0 aromatic heterocycles. The Kier molecular flexibility index (Phi) is 3.50. The molecule has 0 unspecified atom stereocenters. The number of rotatable bonds is 1. The molecule has 2 rings (SSSR count). The van der Waals surface area contributed by atoms with Crippen molar-refractivity contribution in [3.63, 3.8) is 0 Å². The number of amides is 1. The Morgan fingerprint density at radius 1 is 1.56 bits per heavy atom. The molecule has 2 nitrogen and oxygen atoms in total. The number of nitrogens with zero attached hydrogens (tertiary/aromatic N) is 1. The number of halogens is 3. The fraction of sp³-hybridized carbons (Fsp3) is 0.364. The second-order valence-corrected chi connectivity index (χ2v) is 4.91. The third-order valence-corrected chi connectivity index (χ3v) is 3.41. The molecule has 0 saturated heterocycles. The van der Waals surface area contributed by atoms with Crippen LogP contribution in [0.15, 0.2) is 16.6 Å². The number of fused-ring (bicyclic) bond motifs is 1. The number of alkyl halides is 1. The molecule has 0 aliphatic carbocycles. The van der Waals surface area contributed by atoms with Gasteiger partial charge in [0.25, 0.3) is 0 Å². The SMILES string of the molecule is O=C(CCl)N1CCc2cc(Br)cc(F)c2C1. The summed E-state index contributed by atoms with van der Waals surface area (Å²) in [6.45, 7) is 0.925. The lowest BCUT2D eigenvalue weighted by Crippen LogP contribution is -2.37. The van der Waals surface area contributed by atoms with E-state index in [-0.39, 0.29) is 17.6 Å². The zero-order valence-corrected chi connectivity index (χ0v) is 10.8. The first-order valence-electron chi connectivity index (χ1n) is 4.92. The first-order valence-corrected chi connectivity index (χ1v) is 6.25. The largest absolute Gasteiger partial charge is 0.337 e. The molecule has 1 amide bonds. The summed E-state index contributed by atoms with van der Waals surface area (Å²) in [7, 11) is 0. The van der Waals surface area contributed by atoms with Crippen LogP contribution in [0.1, 0.15) is 11.1 Å². The average molecular weight is 307 g/mol. The fourth-order valence-electron chi connectivity index (χ4n) is 1.88. The second kappa shape index (κ2) is 4.72. The summed E-state index contributed by atoms with van der Waals surface area (Å²) in [5.41, 5.74) is 1.57. The van der Waals surface area contributed by atoms with E-state index in [1.165, 1.54) is 6.07 Å². The standard InChI is InChI=1S/C11H10BrClFNO/c12-8-3-7-1-2-15(11(16)5-13)6-9(7)10(14)4-8/h3-4H,1-2,5-6H2. The molecule has 16 heavy (non-hydrogen) atoms. The summed E-state index contributed by atoms with van der Waals surface area (Å²) < 4.78 is 14.4. The molecule has 1 aliphatic rings. The van der Waals surface area contributed by atoms with Crippen LogP contribution in [-0.4, -0.2) is 23.2 Å². The molecule has 1 aromatic rings. The minimum atomic E-state index is -0.267. The van der Waals surface area contributed by atoms with E-state index in [1.54, 1.807) is 4.90 Å². The predicted octanol–water partition coefficient (Wildman–Crippen LogP) is 2.71. The minimum Gasteiger partial charge on any atom is -0.337 e. The van der Waals surface area contributed by atoms with E-state index in [4.69, 9.17) is 11.6 Å². The number of benzene rings is 1. The van der Waals surface area contributed by atoms with Crippen LogP contribution in [0.2, 0.25) is 0 Å². The molecule has 0 fully saturated rings. The Labute approximate surface area is 107 Å². The Balaban J connectivity index is 2.30. The van der Waals surface area contributed by atoms with Gasteiger partial charge in [-0.3, -0.25) is 4.79 Å². The van der Waals surface area contributed by atoms with Gasteiger partial charge in [0.05, 0.1) is 0 Å². The van der Waals surface area contributed by atoms with E-state index in [0.717, 1.165) is 10.0 Å². The topological polar surface area (TPSA) is 20.3 Å². The van der Waals surface area contributed by atoms with E-state index in [2.05, 4.69) is 15.9 Å². The molecular formula is C11H10BrClFNO. The van der Waals surface area contributed by atoms with Gasteiger partial charge in [-0.2, -0.15) is 0 Å². The third-order valence-electron chi connectivity index (χ3n) is 2.72. The van der Waals surface area contributed by atoms with E-state index >= 15 is 0 Å². The van der Waals surface area contributed by atoms with Crippen molar-refractivity contribution < 1.29 is 9.18 Å². The van der Waals surface area contributed by atoms with Crippen LogP contribution in [0, 0.1) is 5.82 Å². The van der Waals surface area contributed by atoms with Crippen LogP contribution in [0.3, 0.4) is 0 Å². The molecule has 1 aromatic carbocycles. The number of hydrogen-bond acceptors (Lipinski definition) is 1. The second-order valence-electron chi connectivity index (χ2n) is 3.72. The smallest absolute Gasteiger partial charge is 0.237 e. The van der Waals surface area contributed by atoms with Crippen molar-refractivity contribution in [2.24, 2.45) is 0 Å². The molecule has 0 saturated carbocycles. The van der Waals surface area contributed by atoms with Crippen molar-refractivity contribution in [3.8, 4) is 0 Å². The molecular weight excluding hydrogens is 296 g/mol. The van der Waals surface area contributed by atoms with Gasteiger partial charge in [-0.1, -0.05) is 15.9 Å². The predicted molar refractivity (Wildman–Crippen MR) is 63.9 cm³/mol. The van der Waals surface area contributed by atoms with Gasteiger partial charge < -0.3 is 4.90 Å². The van der Waals surface area contributed by atoms with Crippen molar-refractivity contribution >= 4 is 33.4 Å². The molecule has 5 heteroatoms. The van der Waals surface area contributed by atoms with Crippen LogP contribution in [-0.2, 0) is 17.8 Å². The normalized spacial score (nSPS) is 14.8. The van der Waals surface area contributed by atoms with E-state index in [0.29, 0.717) is 25.1 Å². The van der Waals surface area contributed by atoms with Gasteiger partial charge in [-0.25, -0.2) is 4.39 Å². The lowest BCUT2D eigenvalue weighted by atomic mass is 9.99. The van der Waals surface area contributed by atoms with Gasteiger partial charge >= 0.3 is 0 Å². The van der Waals surface area contributed by atoms with Crippen LogP contribution in [0.5, 0.6) is 0 Å². The maximum atomic E-state index is 13.7. The van der Waals surface area contributed by atoms with Crippen molar-refractivity contribution in [2.75, 3.05) is 12.4 Å². The minimum absolute atomic E-state index is 0.0481. The maximum Gasteiger partial charge on any atom is 0.237 e. The number of hydrogen-bond donors (Lipinski definition) is 0. The highest BCUT2D eigenvalue weighted by Crippen LogP contribution is 2.26. The van der Waals surface area contributed by atoms with E-state index in [9.17, 15) is 9.18 Å². The summed E-state index contributed by atoms with van der Waals surface area (Å²) in [5.74, 6) is -0.459. The summed E-state index contributed by atoms with van der Waals surface area (Å²) >= 11 is 8.74. The Hall–Kier alpha value is -0.610. The third kappa shape index (κ3) is 2.23. The first-order chi connectivity index (χ1) is 7.61. The fourth-order valence-corrected chi connectivity index (χ4v) is 2.53. The Morgan fingerprint density at radius 2 is 2.31 bits per heavy atom. The molecule has 0 radical (unpaired) electrons. The van der Waals surface area contributed by atoms with Crippen LogP contribution in [0.4, 0.5) is 4.39 Å². The zero-order chi connectivity index (χ0) is 11.7. The Morgan fingerprint density at radius 3 is 3.00 bits per heavy atom. The van der Waals surface area contributed by atoms with Crippen LogP contribution in [0.25, 0.3) is 0 Å². The molecule has 0 atom stereocenters. The van der Waals surface area contributed by atoms with Crippen molar-refractivity contribution in [3.05, 3.63) is 33.5 Å². The molecule has 1 heterocycles. The van der Waals surface area contributed by atoms with Gasteiger partial charge in [0.1, 0.15) is 11.7 Å². The maximum absolute atomic E-state index is 13.7. The van der Waals surface area contributed by atoms with E-state index in [1.807, 2.05) is 6.07 Å². The number of carbonyl (C=O) groups excluding carboxylic acids is 1. The number of carbonyl (C=O) groups is 1. The van der Waals surface area contributed by atoms with Crippen molar-refractivity contribution in [2.45, 2.75) is 13.0 Å². The summed E-state index contributed by atoms with van der Waals surface area (Å²) in [6, 6.07) is 3.33. The monoisotopic (exact) mass is 305 g/mol. The van der Waals surface area contributed by atoms with Crippen LogP contribution >= 0.6 is 27.5 Å². The lowest BCUT2D eigenvalue weighted by Gasteiger charge is -2.28. The quantitative estimate of drug-likeness (QED) is 0.731. The summed E-state index contributed by atoms with van der Waals surface area (Å²) in [5, 5.41) is 0. The molecule has 86 valence electrons. The highest BCUT2D eigenvalue weighted by molar-refractivity contribution is 9.10. The average Bonchev–Trinajstić information content (AvgIpc) is 2.27. The highest BCUT2D eigenvalue weighted by Gasteiger charge is 2.22. The summed E-state index contributed by atoms with van der Waals surface area (Å²) in [6.07, 6.45) is 0.675. The highest BCUT2D eigenvalue weighted by atomic mass is 79.9. The van der Waals surface area contributed by atoms with Gasteiger partial charge in [0.15, 0.2) is 0 Å². The van der Waals surface area contributed by atoms with Crippen molar-refractivity contribution in [1.82, 2.24) is 4.90 Å². The molecule has 1 aliphatic heterocycles. The van der Waals surface area contributed by atoms with Crippen LogP contribution < -0.4 is 0 Å². The summed E-state index contributed by atoms with van der Waals surface area (Å²) in [4.78, 5) is 13.0. The molecule has 0 N–H and O–H groups in total. The molecule has 0 spiro atoms. The first kappa shape index (κ1) is 11.9. The van der Waals surface area contributed by atoms with Gasteiger partial charge in [-0.05, 0) is 24.1 Å². The van der Waals surface area contributed by atoms with Gasteiger partial charge in [0.2, 0.25) is 5.91 Å². The van der Waals surface area contributed by atoms with E-state index < -0.39 is 0 Å². The zero-order valence-electron chi connectivity index (χ0n) is 8.47.